The van der Waals surface area contributed by atoms with Gasteiger partial charge in [0.25, 0.3) is 7.82 Å². The number of allylic oxidation sites excluding steroid dienone is 17. The van der Waals surface area contributed by atoms with Crippen LogP contribution in [-0.4, -0.2) is 68.5 Å². The number of hydrogen-bond donors (Lipinski definition) is 2. The van der Waals surface area contributed by atoms with E-state index in [9.17, 15) is 19.4 Å². The van der Waals surface area contributed by atoms with Crippen molar-refractivity contribution in [1.82, 2.24) is 5.32 Å². The standard InChI is InChI=1S/C80H145N2O6P/c1-6-8-10-12-14-16-18-20-22-24-26-28-30-32-34-36-37-38-39-40-41-42-43-44-45-46-48-50-52-54-56-58-60-62-64-66-68-70-72-74-80(84)81-78(77-88-89(85,86)87-76-75-82(3,4)5)79(83)73-71-69-67-65-63-61-59-57-55-53-51-49-47-35-33-31-29-27-25-23-21-19-17-15-13-11-9-7-2/h8,10,14,16,20,22,26,28,32,34,37-38,55,57,63,65,71,73,78-79,83H,6-7,9,11-13,15,17-19,21,23-25,27,29-31,33,35-36,39-54,56,58-62,64,66-70,72,74-77H2,1-5H3,(H-,81,84,85,86)/b10-8-,16-14-,22-20-,28-26-,34-32-,38-37-,57-55+,65-63+,73-71+. The van der Waals surface area contributed by atoms with Crippen molar-refractivity contribution < 1.29 is 32.9 Å². The topological polar surface area (TPSA) is 108 Å². The lowest BCUT2D eigenvalue weighted by atomic mass is 10.0. The zero-order chi connectivity index (χ0) is 64.8. The molecular formula is C80H145N2O6P. The smallest absolute Gasteiger partial charge is 0.268 e. The third-order valence-corrected chi connectivity index (χ3v) is 17.7. The molecule has 516 valence electrons. The molecule has 0 aromatic rings. The van der Waals surface area contributed by atoms with Crippen molar-refractivity contribution in [3.05, 3.63) is 109 Å². The van der Waals surface area contributed by atoms with Crippen molar-refractivity contribution in [2.24, 2.45) is 0 Å². The fourth-order valence-electron chi connectivity index (χ4n) is 10.9. The molecule has 0 fully saturated rings. The number of rotatable bonds is 69. The molecule has 2 N–H and O–H groups in total. The van der Waals surface area contributed by atoms with Gasteiger partial charge in [0.15, 0.2) is 0 Å². The second-order valence-electron chi connectivity index (χ2n) is 26.6. The number of aliphatic hydroxyl groups is 1. The Morgan fingerprint density at radius 1 is 0.404 bits per heavy atom. The summed E-state index contributed by atoms with van der Waals surface area (Å²) in [5, 5.41) is 14.0. The third-order valence-electron chi connectivity index (χ3n) is 16.7. The van der Waals surface area contributed by atoms with E-state index in [1.54, 1.807) is 6.08 Å². The van der Waals surface area contributed by atoms with Gasteiger partial charge in [0.2, 0.25) is 5.91 Å². The minimum Gasteiger partial charge on any atom is -0.756 e. The molecule has 9 heteroatoms. The van der Waals surface area contributed by atoms with Crippen LogP contribution in [0.3, 0.4) is 0 Å². The van der Waals surface area contributed by atoms with Gasteiger partial charge in [-0.1, -0.05) is 348 Å². The second kappa shape index (κ2) is 69.5. The van der Waals surface area contributed by atoms with Crippen LogP contribution >= 0.6 is 7.82 Å². The van der Waals surface area contributed by atoms with Gasteiger partial charge in [0.1, 0.15) is 13.2 Å². The summed E-state index contributed by atoms with van der Waals surface area (Å²) in [5.41, 5.74) is 0. The molecule has 0 aliphatic rings. The van der Waals surface area contributed by atoms with E-state index in [2.05, 4.69) is 116 Å². The lowest BCUT2D eigenvalue weighted by Crippen LogP contribution is -2.45. The number of unbranched alkanes of at least 4 members (excludes halogenated alkanes) is 40. The van der Waals surface area contributed by atoms with Gasteiger partial charge < -0.3 is 28.8 Å². The first-order chi connectivity index (χ1) is 43.5. The molecule has 0 bridgehead atoms. The van der Waals surface area contributed by atoms with E-state index >= 15 is 0 Å². The lowest BCUT2D eigenvalue weighted by molar-refractivity contribution is -0.870. The van der Waals surface area contributed by atoms with Crippen LogP contribution in [0.25, 0.3) is 0 Å². The summed E-state index contributed by atoms with van der Waals surface area (Å²) in [6, 6.07) is -0.916. The van der Waals surface area contributed by atoms with Crippen molar-refractivity contribution >= 4 is 13.7 Å². The van der Waals surface area contributed by atoms with E-state index in [1.165, 1.54) is 238 Å². The zero-order valence-electron chi connectivity index (χ0n) is 59.1. The van der Waals surface area contributed by atoms with Gasteiger partial charge in [-0.05, 0) is 96.3 Å². The van der Waals surface area contributed by atoms with E-state index in [-0.39, 0.29) is 12.5 Å². The summed E-state index contributed by atoms with van der Waals surface area (Å²) in [6.45, 7) is 4.54. The molecule has 0 radical (unpaired) electrons. The van der Waals surface area contributed by atoms with Crippen LogP contribution in [0.1, 0.15) is 341 Å². The molecule has 3 unspecified atom stereocenters. The van der Waals surface area contributed by atoms with Gasteiger partial charge >= 0.3 is 0 Å². The maximum Gasteiger partial charge on any atom is 0.268 e. The van der Waals surface area contributed by atoms with E-state index in [0.717, 1.165) is 83.5 Å². The predicted octanol–water partition coefficient (Wildman–Crippen LogP) is 24.0. The number of hydrogen-bond acceptors (Lipinski definition) is 6. The average Bonchev–Trinajstić information content (AvgIpc) is 3.55. The Hall–Kier alpha value is -2.84. The second-order valence-corrected chi connectivity index (χ2v) is 28.0. The molecule has 3 atom stereocenters. The van der Waals surface area contributed by atoms with Crippen LogP contribution in [0.4, 0.5) is 0 Å². The molecule has 0 saturated heterocycles. The fraction of sp³-hybridized carbons (Fsp3) is 0.762. The van der Waals surface area contributed by atoms with Crippen molar-refractivity contribution in [1.29, 1.82) is 0 Å². The number of carbonyl (C=O) groups excluding carboxylic acids is 1. The maximum atomic E-state index is 13.1. The van der Waals surface area contributed by atoms with Crippen LogP contribution in [0.2, 0.25) is 0 Å². The highest BCUT2D eigenvalue weighted by molar-refractivity contribution is 7.45. The quantitative estimate of drug-likeness (QED) is 0.0272. The van der Waals surface area contributed by atoms with Gasteiger partial charge in [-0.3, -0.25) is 9.36 Å². The summed E-state index contributed by atoms with van der Waals surface area (Å²) in [4.78, 5) is 25.7. The summed E-state index contributed by atoms with van der Waals surface area (Å²) >= 11 is 0. The van der Waals surface area contributed by atoms with Gasteiger partial charge in [0.05, 0.1) is 39.9 Å². The lowest BCUT2D eigenvalue weighted by Gasteiger charge is -2.29. The molecular weight excluding hydrogens is 1120 g/mol. The summed E-state index contributed by atoms with van der Waals surface area (Å²) in [7, 11) is 1.24. The molecule has 0 aliphatic heterocycles. The Bertz CT molecular complexity index is 1820. The number of aliphatic hydroxyl groups excluding tert-OH is 1. The first kappa shape index (κ1) is 86.2. The Labute approximate surface area is 552 Å². The van der Waals surface area contributed by atoms with Gasteiger partial charge in [-0.15, -0.1) is 0 Å². The Morgan fingerprint density at radius 2 is 0.697 bits per heavy atom. The molecule has 8 nitrogen and oxygen atoms in total. The molecule has 0 saturated carbocycles. The maximum absolute atomic E-state index is 13.1. The largest absolute Gasteiger partial charge is 0.756 e. The number of phosphoric ester groups is 1. The molecule has 89 heavy (non-hydrogen) atoms. The van der Waals surface area contributed by atoms with Gasteiger partial charge in [0, 0.05) is 6.42 Å². The molecule has 0 spiro atoms. The van der Waals surface area contributed by atoms with Crippen LogP contribution in [0, 0.1) is 0 Å². The van der Waals surface area contributed by atoms with Crippen molar-refractivity contribution in [2.45, 2.75) is 353 Å². The van der Waals surface area contributed by atoms with Crippen molar-refractivity contribution in [3.63, 3.8) is 0 Å². The predicted molar refractivity (Wildman–Crippen MR) is 389 cm³/mol. The highest BCUT2D eigenvalue weighted by Gasteiger charge is 2.23. The van der Waals surface area contributed by atoms with Crippen LogP contribution in [0.5, 0.6) is 0 Å². The van der Waals surface area contributed by atoms with Crippen molar-refractivity contribution in [3.8, 4) is 0 Å². The fourth-order valence-corrected chi connectivity index (χ4v) is 11.6. The van der Waals surface area contributed by atoms with Crippen LogP contribution in [-0.2, 0) is 18.4 Å². The monoisotopic (exact) mass is 1260 g/mol. The zero-order valence-corrected chi connectivity index (χ0v) is 60.0. The van der Waals surface area contributed by atoms with Crippen molar-refractivity contribution in [2.75, 3.05) is 40.9 Å². The molecule has 0 aromatic heterocycles. The first-order valence-corrected chi connectivity index (χ1v) is 39.2. The molecule has 0 heterocycles. The van der Waals surface area contributed by atoms with E-state index in [4.69, 9.17) is 9.05 Å². The normalized spacial score (nSPS) is 14.2. The Morgan fingerprint density at radius 3 is 1.04 bits per heavy atom. The average molecular weight is 1260 g/mol. The number of nitrogens with zero attached hydrogens (tertiary/aromatic N) is 1. The number of carbonyl (C=O) groups is 1. The Balaban J connectivity index is 4.05. The molecule has 1 amide bonds. The minimum absolute atomic E-state index is 0.0111. The number of likely N-dealkylation sites (N-methyl/N-ethyl adjacent to an activating group) is 1. The number of phosphoric acid groups is 1. The van der Waals surface area contributed by atoms with Crippen LogP contribution in [0.15, 0.2) is 109 Å². The van der Waals surface area contributed by atoms with Crippen LogP contribution < -0.4 is 10.2 Å². The summed E-state index contributed by atoms with van der Waals surface area (Å²) in [5.74, 6) is -0.209. The minimum atomic E-state index is -4.62. The summed E-state index contributed by atoms with van der Waals surface area (Å²) < 4.78 is 23.5. The number of amides is 1. The van der Waals surface area contributed by atoms with E-state index < -0.39 is 26.6 Å². The molecule has 0 aromatic carbocycles. The number of nitrogens with one attached hydrogen (secondary N) is 1. The molecule has 0 rings (SSSR count). The molecule has 0 aliphatic carbocycles. The summed E-state index contributed by atoms with van der Waals surface area (Å²) in [6.07, 6.45) is 102. The first-order valence-electron chi connectivity index (χ1n) is 37.7. The van der Waals surface area contributed by atoms with Gasteiger partial charge in [-0.2, -0.15) is 0 Å². The third kappa shape index (κ3) is 72.4. The Kier molecular flexibility index (Phi) is 67.3. The number of quaternary nitrogens is 1. The van der Waals surface area contributed by atoms with E-state index in [0.29, 0.717) is 17.4 Å². The van der Waals surface area contributed by atoms with Gasteiger partial charge in [-0.25, -0.2) is 0 Å². The van der Waals surface area contributed by atoms with E-state index in [1.807, 2.05) is 27.2 Å². The highest BCUT2D eigenvalue weighted by atomic mass is 31.2. The highest BCUT2D eigenvalue weighted by Crippen LogP contribution is 2.38. The SMILES string of the molecule is CC/C=C\C/C=C\C/C=C\C/C=C\C/C=C\C/C=C\CCCCCCCCCCCCCCCCCCCCCCC(=O)NC(COP(=O)([O-])OCC[N+](C)(C)C)C(O)/C=C/CC/C=C/CC/C=C/CCCCCCCCCCCCCCCCCCCC.